The predicted molar refractivity (Wildman–Crippen MR) is 196 cm³/mol. The van der Waals surface area contributed by atoms with E-state index in [0.29, 0.717) is 59.9 Å². The first-order valence-electron chi connectivity index (χ1n) is 15.4. The zero-order valence-electron chi connectivity index (χ0n) is 26.7. The van der Waals surface area contributed by atoms with Crippen molar-refractivity contribution in [3.05, 3.63) is 155 Å². The molecule has 1 aliphatic rings. The number of hydrogen-bond donors (Lipinski definition) is 1. The van der Waals surface area contributed by atoms with Crippen LogP contribution in [-0.2, 0) is 11.3 Å². The summed E-state index contributed by atoms with van der Waals surface area (Å²) in [5, 5.41) is 4.97. The van der Waals surface area contributed by atoms with Crippen molar-refractivity contribution in [1.82, 2.24) is 9.13 Å². The number of nitrogens with one attached hydrogen (secondary N) is 1. The van der Waals surface area contributed by atoms with E-state index in [4.69, 9.17) is 37.7 Å². The molecule has 0 saturated heterocycles. The SMILES string of the molecule is COc1ccc([C@H]2C(C(=O)Nc3ccccc3)=C(C)N=c3s/c(=C\c4cn(Cc5ccc(Cl)c(Cl)c5)c5ccccc45)c(=O)n32)c(OC)c1. The number of ether oxygens (including phenoxy) is 2. The molecule has 0 aliphatic carbocycles. The molecular formula is C38H30Cl2N4O4S. The average Bonchev–Trinajstić information content (AvgIpc) is 3.61. The maximum atomic E-state index is 14.5. The number of allylic oxidation sites excluding steroid dienone is 1. The molecule has 0 fully saturated rings. The second-order valence-corrected chi connectivity index (χ2v) is 13.3. The molecule has 6 aromatic rings. The van der Waals surface area contributed by atoms with Gasteiger partial charge in [0.15, 0.2) is 4.80 Å². The summed E-state index contributed by atoms with van der Waals surface area (Å²) in [6.45, 7) is 2.35. The van der Waals surface area contributed by atoms with Gasteiger partial charge in [0, 0.05) is 46.5 Å². The van der Waals surface area contributed by atoms with Gasteiger partial charge in [-0.2, -0.15) is 0 Å². The number of para-hydroxylation sites is 2. The standard InChI is InChI=1S/C38H30Cl2N4O4S/c1-22-34(36(45)42-25-9-5-4-6-10-25)35(28-15-14-26(47-2)19-32(28)48-3)44-37(46)33(49-38(44)41-22)18-24-21-43(31-12-8-7-11-27(24)31)20-23-13-16-29(39)30(40)17-23/h4-19,21,35H,20H2,1-3H3,(H,42,45)/b33-18-/t35-/m0/s1. The van der Waals surface area contributed by atoms with E-state index < -0.39 is 6.04 Å². The molecule has 8 nitrogen and oxygen atoms in total. The lowest BCUT2D eigenvalue weighted by molar-refractivity contribution is -0.113. The van der Waals surface area contributed by atoms with Gasteiger partial charge < -0.3 is 19.4 Å². The number of fused-ring (bicyclic) bond motifs is 2. The number of amides is 1. The smallest absolute Gasteiger partial charge is 0.271 e. The Hall–Kier alpha value is -5.09. The van der Waals surface area contributed by atoms with E-state index in [2.05, 4.69) is 9.88 Å². The summed E-state index contributed by atoms with van der Waals surface area (Å²) in [5.41, 5.74) is 4.69. The second kappa shape index (κ2) is 13.4. The van der Waals surface area contributed by atoms with Crippen LogP contribution < -0.4 is 29.7 Å². The van der Waals surface area contributed by atoms with Gasteiger partial charge in [-0.15, -0.1) is 0 Å². The first-order valence-corrected chi connectivity index (χ1v) is 17.0. The molecule has 0 bridgehead atoms. The number of halogens is 2. The molecule has 4 aromatic carbocycles. The Bertz CT molecular complexity index is 2470. The summed E-state index contributed by atoms with van der Waals surface area (Å²) < 4.78 is 15.4. The highest BCUT2D eigenvalue weighted by Gasteiger charge is 2.34. The van der Waals surface area contributed by atoms with Crippen LogP contribution in [0.15, 0.2) is 118 Å². The molecule has 0 unspecified atom stereocenters. The average molecular weight is 710 g/mol. The Morgan fingerprint density at radius 2 is 1.73 bits per heavy atom. The van der Waals surface area contributed by atoms with Crippen LogP contribution in [0.5, 0.6) is 11.5 Å². The minimum Gasteiger partial charge on any atom is -0.497 e. The number of methoxy groups -OCH3 is 2. The van der Waals surface area contributed by atoms with Gasteiger partial charge in [0.25, 0.3) is 11.5 Å². The first kappa shape index (κ1) is 32.5. The number of hydrogen-bond acceptors (Lipinski definition) is 6. The lowest BCUT2D eigenvalue weighted by Crippen LogP contribution is -2.40. The van der Waals surface area contributed by atoms with E-state index in [1.54, 1.807) is 43.9 Å². The predicted octanol–water partition coefficient (Wildman–Crippen LogP) is 7.20. The van der Waals surface area contributed by atoms with E-state index in [1.807, 2.05) is 85.1 Å². The van der Waals surface area contributed by atoms with Gasteiger partial charge in [-0.25, -0.2) is 4.99 Å². The van der Waals surface area contributed by atoms with Gasteiger partial charge in [0.2, 0.25) is 0 Å². The van der Waals surface area contributed by atoms with Crippen LogP contribution in [0.1, 0.15) is 29.7 Å². The van der Waals surface area contributed by atoms with Crippen molar-refractivity contribution in [1.29, 1.82) is 0 Å². The number of benzene rings is 4. The fourth-order valence-electron chi connectivity index (χ4n) is 6.17. The van der Waals surface area contributed by atoms with E-state index in [0.717, 1.165) is 22.0 Å². The number of anilines is 1. The van der Waals surface area contributed by atoms with E-state index in [1.165, 1.54) is 11.3 Å². The fraction of sp³-hybridized carbons (Fsp3) is 0.132. The van der Waals surface area contributed by atoms with Gasteiger partial charge in [-0.1, -0.05) is 77.0 Å². The zero-order valence-corrected chi connectivity index (χ0v) is 29.1. The van der Waals surface area contributed by atoms with E-state index in [9.17, 15) is 9.59 Å². The quantitative estimate of drug-likeness (QED) is 0.181. The zero-order chi connectivity index (χ0) is 34.2. The number of carbonyl (C=O) groups is 1. The number of aromatic nitrogens is 2. The Morgan fingerprint density at radius 1 is 0.959 bits per heavy atom. The Balaban J connectivity index is 1.38. The lowest BCUT2D eigenvalue weighted by Gasteiger charge is -2.26. The number of thiazole rings is 1. The van der Waals surface area contributed by atoms with Crippen LogP contribution in [0.2, 0.25) is 10.0 Å². The second-order valence-electron chi connectivity index (χ2n) is 11.5. The summed E-state index contributed by atoms with van der Waals surface area (Å²) >= 11 is 13.8. The molecule has 1 atom stereocenters. The molecule has 7 rings (SSSR count). The maximum Gasteiger partial charge on any atom is 0.271 e. The van der Waals surface area contributed by atoms with Crippen LogP contribution in [-0.4, -0.2) is 29.3 Å². The van der Waals surface area contributed by atoms with E-state index >= 15 is 0 Å². The van der Waals surface area contributed by atoms with Gasteiger partial charge >= 0.3 is 0 Å². The minimum atomic E-state index is -0.820. The van der Waals surface area contributed by atoms with E-state index in [-0.39, 0.29) is 11.5 Å². The maximum absolute atomic E-state index is 14.5. The van der Waals surface area contributed by atoms with Crippen molar-refractivity contribution in [2.45, 2.75) is 19.5 Å². The molecule has 246 valence electrons. The largest absolute Gasteiger partial charge is 0.497 e. The Morgan fingerprint density at radius 3 is 2.49 bits per heavy atom. The van der Waals surface area contributed by atoms with Crippen molar-refractivity contribution in [2.75, 3.05) is 19.5 Å². The number of carbonyl (C=O) groups excluding carboxylic acids is 1. The number of nitrogens with zero attached hydrogens (tertiary/aromatic N) is 3. The van der Waals surface area contributed by atoms with Crippen molar-refractivity contribution in [3.8, 4) is 11.5 Å². The lowest BCUT2D eigenvalue weighted by atomic mass is 9.94. The molecule has 0 spiro atoms. The molecule has 3 heterocycles. The molecule has 1 amide bonds. The van der Waals surface area contributed by atoms with Crippen LogP contribution in [0.3, 0.4) is 0 Å². The molecule has 2 aromatic heterocycles. The van der Waals surface area contributed by atoms with Gasteiger partial charge in [0.1, 0.15) is 17.5 Å². The third-order valence-corrected chi connectivity index (χ3v) is 10.2. The van der Waals surface area contributed by atoms with Crippen molar-refractivity contribution in [2.24, 2.45) is 4.99 Å². The minimum absolute atomic E-state index is 0.273. The normalized spacial score (nSPS) is 14.5. The molecule has 0 saturated carbocycles. The summed E-state index contributed by atoms with van der Waals surface area (Å²) in [5.74, 6) is 0.695. The fourth-order valence-corrected chi connectivity index (χ4v) is 7.53. The third-order valence-electron chi connectivity index (χ3n) is 8.48. The van der Waals surface area contributed by atoms with Gasteiger partial charge in [-0.05, 0) is 61.0 Å². The highest BCUT2D eigenvalue weighted by Crippen LogP contribution is 2.38. The van der Waals surface area contributed by atoms with Gasteiger partial charge in [0.05, 0.1) is 40.1 Å². The van der Waals surface area contributed by atoms with Crippen LogP contribution in [0, 0.1) is 0 Å². The van der Waals surface area contributed by atoms with Gasteiger partial charge in [-0.3, -0.25) is 14.2 Å². The third kappa shape index (κ3) is 6.17. The molecule has 1 aliphatic heterocycles. The molecular weight excluding hydrogens is 679 g/mol. The van der Waals surface area contributed by atoms with Crippen LogP contribution in [0.4, 0.5) is 5.69 Å². The summed E-state index contributed by atoms with van der Waals surface area (Å²) in [7, 11) is 3.12. The first-order chi connectivity index (χ1) is 23.7. The Labute approximate surface area is 295 Å². The van der Waals surface area contributed by atoms with Crippen molar-refractivity contribution >= 4 is 63.1 Å². The topological polar surface area (TPSA) is 86.9 Å². The summed E-state index contributed by atoms with van der Waals surface area (Å²) in [6, 6.07) is 27.4. The molecule has 11 heteroatoms. The molecule has 0 radical (unpaired) electrons. The van der Waals surface area contributed by atoms with Crippen molar-refractivity contribution in [3.63, 3.8) is 0 Å². The number of rotatable bonds is 8. The molecule has 1 N–H and O–H groups in total. The van der Waals surface area contributed by atoms with Crippen LogP contribution >= 0.6 is 34.5 Å². The summed E-state index contributed by atoms with van der Waals surface area (Å²) in [4.78, 5) is 33.8. The summed E-state index contributed by atoms with van der Waals surface area (Å²) in [6.07, 6.45) is 3.92. The highest BCUT2D eigenvalue weighted by atomic mass is 35.5. The Kier molecular flexibility index (Phi) is 8.90. The highest BCUT2D eigenvalue weighted by molar-refractivity contribution is 7.07. The van der Waals surface area contributed by atoms with Crippen molar-refractivity contribution < 1.29 is 14.3 Å². The molecule has 49 heavy (non-hydrogen) atoms. The van der Waals surface area contributed by atoms with Crippen LogP contribution in [0.25, 0.3) is 17.0 Å². The monoisotopic (exact) mass is 708 g/mol.